The Kier molecular flexibility index (Phi) is 6.88. The molecule has 188 valence electrons. The molecule has 5 rings (SSSR count). The van der Waals surface area contributed by atoms with E-state index < -0.39 is 17.7 Å². The molecule has 1 fully saturated rings. The number of hydrogen-bond acceptors (Lipinski definition) is 5. The highest BCUT2D eigenvalue weighted by atomic mass is 19.1. The highest BCUT2D eigenvalue weighted by Gasteiger charge is 2.30. The van der Waals surface area contributed by atoms with Crippen LogP contribution in [-0.2, 0) is 0 Å². The molecule has 0 aliphatic carbocycles. The SMILES string of the molecule is CC[C@@H]1CCN(CCOc2ccc(C3Oc4ccc(O)cc4C(C)=C3c3ccc(O)c(F)c3)cc2)C1. The van der Waals surface area contributed by atoms with Gasteiger partial charge in [0.15, 0.2) is 11.6 Å². The second-order valence-electron chi connectivity index (χ2n) is 9.66. The van der Waals surface area contributed by atoms with E-state index in [0.717, 1.165) is 53.6 Å². The molecule has 2 atom stereocenters. The Balaban J connectivity index is 1.38. The highest BCUT2D eigenvalue weighted by molar-refractivity contribution is 5.95. The van der Waals surface area contributed by atoms with Crippen molar-refractivity contribution in [3.05, 3.63) is 83.2 Å². The molecule has 3 aromatic rings. The van der Waals surface area contributed by atoms with Crippen LogP contribution in [0, 0.1) is 11.7 Å². The van der Waals surface area contributed by atoms with Crippen molar-refractivity contribution >= 4 is 11.1 Å². The fourth-order valence-electron chi connectivity index (χ4n) is 5.20. The van der Waals surface area contributed by atoms with Crippen LogP contribution in [0.1, 0.15) is 49.5 Å². The van der Waals surface area contributed by atoms with Gasteiger partial charge in [-0.15, -0.1) is 0 Å². The van der Waals surface area contributed by atoms with Crippen LogP contribution in [0.3, 0.4) is 0 Å². The number of benzene rings is 3. The van der Waals surface area contributed by atoms with Crippen LogP contribution in [0.15, 0.2) is 60.7 Å². The Morgan fingerprint density at radius 1 is 1.06 bits per heavy atom. The third-order valence-corrected chi connectivity index (χ3v) is 7.34. The Morgan fingerprint density at radius 3 is 2.58 bits per heavy atom. The normalized spacial score (nSPS) is 19.8. The van der Waals surface area contributed by atoms with Crippen LogP contribution >= 0.6 is 0 Å². The largest absolute Gasteiger partial charge is 0.508 e. The molecular formula is C30H32FNO4. The van der Waals surface area contributed by atoms with Gasteiger partial charge in [-0.05, 0) is 85.0 Å². The van der Waals surface area contributed by atoms with Crippen molar-refractivity contribution in [2.45, 2.75) is 32.8 Å². The van der Waals surface area contributed by atoms with Gasteiger partial charge in [-0.25, -0.2) is 4.39 Å². The fourth-order valence-corrected chi connectivity index (χ4v) is 5.20. The van der Waals surface area contributed by atoms with Crippen molar-refractivity contribution < 1.29 is 24.1 Å². The molecule has 36 heavy (non-hydrogen) atoms. The Bertz CT molecular complexity index is 1270. The molecule has 0 radical (unpaired) electrons. The summed E-state index contributed by atoms with van der Waals surface area (Å²) in [5.74, 6) is 1.29. The number of rotatable bonds is 7. The minimum absolute atomic E-state index is 0.132. The van der Waals surface area contributed by atoms with Crippen molar-refractivity contribution in [2.75, 3.05) is 26.2 Å². The zero-order chi connectivity index (χ0) is 25.2. The first-order valence-electron chi connectivity index (χ1n) is 12.6. The van der Waals surface area contributed by atoms with E-state index in [-0.39, 0.29) is 5.75 Å². The predicted molar refractivity (Wildman–Crippen MR) is 139 cm³/mol. The first-order chi connectivity index (χ1) is 17.4. The molecule has 0 bridgehead atoms. The van der Waals surface area contributed by atoms with Crippen LogP contribution in [-0.4, -0.2) is 41.4 Å². The number of likely N-dealkylation sites (tertiary alicyclic amines) is 1. The van der Waals surface area contributed by atoms with Gasteiger partial charge in [0.2, 0.25) is 0 Å². The number of nitrogens with zero attached hydrogens (tertiary/aromatic N) is 1. The lowest BCUT2D eigenvalue weighted by Crippen LogP contribution is -2.26. The summed E-state index contributed by atoms with van der Waals surface area (Å²) in [6.45, 7) is 8.06. The van der Waals surface area contributed by atoms with Crippen LogP contribution < -0.4 is 9.47 Å². The van der Waals surface area contributed by atoms with E-state index in [0.29, 0.717) is 17.9 Å². The van der Waals surface area contributed by atoms with Crippen LogP contribution in [0.25, 0.3) is 11.1 Å². The summed E-state index contributed by atoms with van der Waals surface area (Å²) >= 11 is 0. The lowest BCUT2D eigenvalue weighted by molar-refractivity contribution is 0.232. The minimum atomic E-state index is -0.694. The van der Waals surface area contributed by atoms with Crippen molar-refractivity contribution in [3.8, 4) is 23.0 Å². The number of fused-ring (bicyclic) bond motifs is 1. The predicted octanol–water partition coefficient (Wildman–Crippen LogP) is 6.41. The summed E-state index contributed by atoms with van der Waals surface area (Å²) < 4.78 is 26.7. The van der Waals surface area contributed by atoms with Crippen LogP contribution in [0.5, 0.6) is 23.0 Å². The third-order valence-electron chi connectivity index (χ3n) is 7.34. The monoisotopic (exact) mass is 489 g/mol. The second-order valence-corrected chi connectivity index (χ2v) is 9.66. The summed E-state index contributed by atoms with van der Waals surface area (Å²) in [6.07, 6.45) is 2.02. The van der Waals surface area contributed by atoms with Gasteiger partial charge in [-0.1, -0.05) is 31.5 Å². The fraction of sp³-hybridized carbons (Fsp3) is 0.333. The molecule has 0 aromatic heterocycles. The first-order valence-corrected chi connectivity index (χ1v) is 12.6. The topological polar surface area (TPSA) is 62.2 Å². The van der Waals surface area contributed by atoms with Gasteiger partial charge >= 0.3 is 0 Å². The molecule has 0 saturated carbocycles. The van der Waals surface area contributed by atoms with E-state index in [4.69, 9.17) is 9.47 Å². The summed E-state index contributed by atoms with van der Waals surface area (Å²) in [5.41, 5.74) is 3.91. The minimum Gasteiger partial charge on any atom is -0.508 e. The first kappa shape index (κ1) is 24.2. The zero-order valence-corrected chi connectivity index (χ0v) is 20.7. The molecule has 0 amide bonds. The number of phenolic OH excluding ortho intramolecular Hbond substituents is 2. The van der Waals surface area contributed by atoms with Crippen molar-refractivity contribution in [3.63, 3.8) is 0 Å². The standard InChI is InChI=1S/C30H32FNO4/c1-3-20-12-13-32(18-20)14-15-35-24-8-4-21(5-9-24)30-29(22-6-10-27(34)26(31)16-22)19(2)25-17-23(33)7-11-28(25)36-30/h4-11,16-17,20,30,33-34H,3,12-15,18H2,1-2H3/t20-,30?/m1/s1. The maximum Gasteiger partial charge on any atom is 0.165 e. The molecule has 5 nitrogen and oxygen atoms in total. The quantitative estimate of drug-likeness (QED) is 0.401. The summed E-state index contributed by atoms with van der Waals surface area (Å²) in [5, 5.41) is 19.7. The Hall–Kier alpha value is -3.51. The second kappa shape index (κ2) is 10.2. The summed E-state index contributed by atoms with van der Waals surface area (Å²) in [4.78, 5) is 2.46. The smallest absolute Gasteiger partial charge is 0.165 e. The average Bonchev–Trinajstić information content (AvgIpc) is 3.35. The molecular weight excluding hydrogens is 457 g/mol. The molecule has 0 spiro atoms. The summed E-state index contributed by atoms with van der Waals surface area (Å²) in [7, 11) is 0. The van der Waals surface area contributed by atoms with Crippen molar-refractivity contribution in [2.24, 2.45) is 5.92 Å². The van der Waals surface area contributed by atoms with E-state index in [1.165, 1.54) is 25.0 Å². The van der Waals surface area contributed by atoms with Crippen molar-refractivity contribution in [1.29, 1.82) is 0 Å². The van der Waals surface area contributed by atoms with Gasteiger partial charge in [-0.3, -0.25) is 4.90 Å². The van der Waals surface area contributed by atoms with Crippen LogP contribution in [0.4, 0.5) is 4.39 Å². The maximum atomic E-state index is 14.3. The van der Waals surface area contributed by atoms with Crippen molar-refractivity contribution in [1.82, 2.24) is 4.90 Å². The van der Waals surface area contributed by atoms with Gasteiger partial charge < -0.3 is 19.7 Å². The van der Waals surface area contributed by atoms with E-state index in [9.17, 15) is 14.6 Å². The van der Waals surface area contributed by atoms with E-state index in [1.54, 1.807) is 24.3 Å². The van der Waals surface area contributed by atoms with E-state index in [1.807, 2.05) is 31.2 Å². The average molecular weight is 490 g/mol. The molecule has 2 heterocycles. The van der Waals surface area contributed by atoms with Crippen LogP contribution in [0.2, 0.25) is 0 Å². The zero-order valence-electron chi connectivity index (χ0n) is 20.7. The lowest BCUT2D eigenvalue weighted by Gasteiger charge is -2.31. The number of phenols is 2. The molecule has 3 aromatic carbocycles. The van der Waals surface area contributed by atoms with Gasteiger partial charge in [-0.2, -0.15) is 0 Å². The number of hydrogen-bond donors (Lipinski definition) is 2. The summed E-state index contributed by atoms with van der Waals surface area (Å²) in [6, 6.07) is 17.2. The highest BCUT2D eigenvalue weighted by Crippen LogP contribution is 2.47. The number of ether oxygens (including phenoxy) is 2. The lowest BCUT2D eigenvalue weighted by atomic mass is 9.86. The Labute approximate surface area is 211 Å². The van der Waals surface area contributed by atoms with Gasteiger partial charge in [0.25, 0.3) is 0 Å². The number of halogens is 1. The van der Waals surface area contributed by atoms with Gasteiger partial charge in [0.05, 0.1) is 0 Å². The molecule has 1 unspecified atom stereocenters. The molecule has 2 N–H and O–H groups in total. The number of allylic oxidation sites excluding steroid dienone is 1. The molecule has 1 saturated heterocycles. The van der Waals surface area contributed by atoms with Gasteiger partial charge in [0.1, 0.15) is 30.0 Å². The molecule has 2 aliphatic heterocycles. The van der Waals surface area contributed by atoms with Gasteiger partial charge in [0, 0.05) is 24.2 Å². The maximum absolute atomic E-state index is 14.3. The van der Waals surface area contributed by atoms with E-state index >= 15 is 0 Å². The molecule has 6 heteroatoms. The number of aromatic hydroxyl groups is 2. The van der Waals surface area contributed by atoms with E-state index in [2.05, 4.69) is 11.8 Å². The Morgan fingerprint density at radius 2 is 1.86 bits per heavy atom. The third kappa shape index (κ3) is 4.91. The molecule has 2 aliphatic rings.